The van der Waals surface area contributed by atoms with Gasteiger partial charge in [-0.05, 0) is 60.1 Å². The minimum absolute atomic E-state index is 0.0750. The van der Waals surface area contributed by atoms with Crippen molar-refractivity contribution in [3.8, 4) is 22.7 Å². The Hall–Kier alpha value is -4.46. The van der Waals surface area contributed by atoms with Crippen molar-refractivity contribution in [1.29, 1.82) is 0 Å². The molecule has 0 radical (unpaired) electrons. The van der Waals surface area contributed by atoms with Crippen LogP contribution >= 0.6 is 0 Å². The Balaban J connectivity index is 1.38. The third-order valence-electron chi connectivity index (χ3n) is 6.91. The van der Waals surface area contributed by atoms with Gasteiger partial charge in [0.1, 0.15) is 11.8 Å². The van der Waals surface area contributed by atoms with E-state index in [1.165, 1.54) is 5.56 Å². The number of nitrogens with one attached hydrogen (secondary N) is 2. The second kappa shape index (κ2) is 12.6. The molecule has 4 rings (SSSR count). The molecule has 0 saturated carbocycles. The molecule has 0 aliphatic carbocycles. The number of benzene rings is 2. The molecule has 2 heterocycles. The summed E-state index contributed by atoms with van der Waals surface area (Å²) in [6, 6.07) is 20.4. The summed E-state index contributed by atoms with van der Waals surface area (Å²) in [5, 5.41) is 15.7. The second-order valence-electron chi connectivity index (χ2n) is 11.1. The molecular weight excluding hydrogens is 502 g/mol. The van der Waals surface area contributed by atoms with Gasteiger partial charge in [-0.3, -0.25) is 14.6 Å². The number of phenolic OH excluding ortho intramolecular Hbond substituents is 1. The molecule has 208 valence electrons. The number of pyridine rings is 1. The first-order chi connectivity index (χ1) is 19.1. The average Bonchev–Trinajstić information content (AvgIpc) is 3.36. The number of amides is 2. The zero-order valence-electron chi connectivity index (χ0n) is 23.4. The van der Waals surface area contributed by atoms with Crippen LogP contribution in [0.25, 0.3) is 16.9 Å². The van der Waals surface area contributed by atoms with E-state index in [0.717, 1.165) is 41.0 Å². The van der Waals surface area contributed by atoms with Crippen LogP contribution in [0.4, 0.5) is 0 Å². The maximum atomic E-state index is 12.6. The van der Waals surface area contributed by atoms with Crippen molar-refractivity contribution in [3.63, 3.8) is 0 Å². The number of aryl methyl sites for hydroxylation is 1. The topological polar surface area (TPSA) is 125 Å². The Morgan fingerprint density at radius 2 is 1.77 bits per heavy atom. The smallest absolute Gasteiger partial charge is 0.246 e. The van der Waals surface area contributed by atoms with E-state index in [1.54, 1.807) is 30.5 Å². The largest absolute Gasteiger partial charge is 0.508 e. The molecule has 1 atom stereocenters. The molecule has 0 aliphatic rings. The Morgan fingerprint density at radius 1 is 1.05 bits per heavy atom. The number of aromatic hydroxyl groups is 1. The van der Waals surface area contributed by atoms with E-state index >= 15 is 0 Å². The Bertz CT molecular complexity index is 1420. The third kappa shape index (κ3) is 7.56. The Kier molecular flexibility index (Phi) is 8.99. The number of carbonyl (C=O) groups excluding carboxylic acids is 2. The van der Waals surface area contributed by atoms with Crippen LogP contribution in [0.1, 0.15) is 56.9 Å². The van der Waals surface area contributed by atoms with E-state index in [4.69, 9.17) is 5.73 Å². The number of unbranched alkanes of at least 4 members (excludes halogenated alkanes) is 1. The van der Waals surface area contributed by atoms with Crippen LogP contribution in [0.2, 0.25) is 0 Å². The number of H-pyrrole nitrogens is 1. The fourth-order valence-corrected chi connectivity index (χ4v) is 4.59. The lowest BCUT2D eigenvalue weighted by Gasteiger charge is -2.18. The zero-order chi connectivity index (χ0) is 28.7. The highest BCUT2D eigenvalue weighted by molar-refractivity contribution is 5.86. The van der Waals surface area contributed by atoms with Gasteiger partial charge in [-0.25, -0.2) is 0 Å². The van der Waals surface area contributed by atoms with Crippen LogP contribution in [0.5, 0.6) is 5.75 Å². The van der Waals surface area contributed by atoms with Gasteiger partial charge in [0.25, 0.3) is 0 Å². The molecule has 0 bridgehead atoms. The van der Waals surface area contributed by atoms with Crippen molar-refractivity contribution in [1.82, 2.24) is 15.4 Å². The number of hydrogen-bond donors (Lipinski definition) is 4. The molecule has 2 aromatic carbocycles. The van der Waals surface area contributed by atoms with Crippen LogP contribution in [-0.4, -0.2) is 33.0 Å². The number of nitrogens with zero attached hydrogens (tertiary/aromatic N) is 2. The molecule has 8 nitrogen and oxygen atoms in total. The molecule has 0 spiro atoms. The number of hydrogen-bond acceptors (Lipinski definition) is 4. The van der Waals surface area contributed by atoms with Crippen LogP contribution in [0, 0.1) is 0 Å². The summed E-state index contributed by atoms with van der Waals surface area (Å²) in [6.07, 6.45) is 6.41. The standard InChI is InChI=1S/C32H37N5O3/c1-32(2,3)24-12-14-26(15-13-24)37-29(23-7-6-18-34-21-23)20-25(36-37)8-4-5-9-30(39)35-28(31(33)40)19-22-10-16-27(38)17-11-22/h6-7,10-18,20-21,28H,4-5,8-9,19H2,1-3H3,(H4,33,35,38,39,40)/p+1. The van der Waals surface area contributed by atoms with Crippen LogP contribution < -0.4 is 15.7 Å². The summed E-state index contributed by atoms with van der Waals surface area (Å²) in [7, 11) is 0. The highest BCUT2D eigenvalue weighted by Gasteiger charge is 2.23. The normalized spacial score (nSPS) is 12.2. The van der Waals surface area contributed by atoms with Crippen LogP contribution in [0.15, 0.2) is 79.1 Å². The molecule has 0 saturated heterocycles. The first-order valence-corrected chi connectivity index (χ1v) is 13.6. The Labute approximate surface area is 235 Å². The zero-order valence-corrected chi connectivity index (χ0v) is 23.4. The summed E-state index contributed by atoms with van der Waals surface area (Å²) < 4.78 is 2.08. The van der Waals surface area contributed by atoms with Crippen molar-refractivity contribution in [2.24, 2.45) is 5.73 Å². The first-order valence-electron chi connectivity index (χ1n) is 13.6. The van der Waals surface area contributed by atoms with Gasteiger partial charge >= 0.3 is 0 Å². The lowest BCUT2D eigenvalue weighted by Crippen LogP contribution is -2.45. The minimum Gasteiger partial charge on any atom is -0.508 e. The summed E-state index contributed by atoms with van der Waals surface area (Å²) >= 11 is 0. The van der Waals surface area contributed by atoms with Gasteiger partial charge in [-0.15, -0.1) is 0 Å². The monoisotopic (exact) mass is 540 g/mol. The van der Waals surface area contributed by atoms with Crippen molar-refractivity contribution in [3.05, 3.63) is 95.9 Å². The molecule has 2 amide bonds. The van der Waals surface area contributed by atoms with Crippen molar-refractivity contribution in [2.75, 3.05) is 0 Å². The van der Waals surface area contributed by atoms with E-state index in [-0.39, 0.29) is 23.5 Å². The summed E-state index contributed by atoms with van der Waals surface area (Å²) in [6.45, 7) is 6.60. The van der Waals surface area contributed by atoms with E-state index in [0.29, 0.717) is 12.8 Å². The quantitative estimate of drug-likeness (QED) is 0.167. The van der Waals surface area contributed by atoms with Gasteiger partial charge in [0.15, 0.2) is 0 Å². The molecule has 0 aliphatic heterocycles. The molecule has 1 unspecified atom stereocenters. The maximum absolute atomic E-state index is 12.6. The molecule has 40 heavy (non-hydrogen) atoms. The predicted molar refractivity (Wildman–Crippen MR) is 155 cm³/mol. The van der Waals surface area contributed by atoms with E-state index in [2.05, 4.69) is 71.2 Å². The van der Waals surface area contributed by atoms with E-state index in [9.17, 15) is 14.7 Å². The number of phenols is 1. The van der Waals surface area contributed by atoms with Gasteiger partial charge in [0, 0.05) is 43.4 Å². The second-order valence-corrected chi connectivity index (χ2v) is 11.1. The molecule has 2 aromatic heterocycles. The molecule has 5 N–H and O–H groups in total. The van der Waals surface area contributed by atoms with Crippen LogP contribution in [-0.2, 0) is 27.8 Å². The van der Waals surface area contributed by atoms with Crippen molar-refractivity contribution in [2.45, 2.75) is 64.3 Å². The Morgan fingerprint density at radius 3 is 2.40 bits per heavy atom. The molecule has 4 aromatic rings. The lowest BCUT2D eigenvalue weighted by atomic mass is 9.87. The number of nitrogens with two attached hydrogens (primary N) is 1. The molecule has 8 heteroatoms. The lowest BCUT2D eigenvalue weighted by molar-refractivity contribution is -0.645. The van der Waals surface area contributed by atoms with E-state index < -0.39 is 11.9 Å². The fraction of sp³-hybridized carbons (Fsp3) is 0.312. The molecular formula is C32H38N5O3+. The molecule has 0 fully saturated rings. The third-order valence-corrected chi connectivity index (χ3v) is 6.91. The van der Waals surface area contributed by atoms with Gasteiger partial charge in [-0.1, -0.05) is 49.7 Å². The highest BCUT2D eigenvalue weighted by atomic mass is 16.3. The van der Waals surface area contributed by atoms with Crippen molar-refractivity contribution < 1.29 is 19.4 Å². The van der Waals surface area contributed by atoms with E-state index in [1.807, 2.05) is 18.3 Å². The fourth-order valence-electron chi connectivity index (χ4n) is 4.59. The minimum atomic E-state index is -0.800. The number of aromatic amines is 1. The van der Waals surface area contributed by atoms with Crippen LogP contribution in [0.3, 0.4) is 0 Å². The van der Waals surface area contributed by atoms with Gasteiger partial charge in [-0.2, -0.15) is 5.10 Å². The summed E-state index contributed by atoms with van der Waals surface area (Å²) in [5.41, 5.74) is 11.8. The van der Waals surface area contributed by atoms with Gasteiger partial charge in [0.05, 0.1) is 11.3 Å². The summed E-state index contributed by atoms with van der Waals surface area (Å²) in [5.74, 6) is -0.656. The highest BCUT2D eigenvalue weighted by Crippen LogP contribution is 2.23. The average molecular weight is 541 g/mol. The van der Waals surface area contributed by atoms with Gasteiger partial charge in [0.2, 0.25) is 23.2 Å². The SMILES string of the molecule is CC(C)(C)c1ccc(-[n+]2[nH]c(CCCCC(=O)NC(Cc3ccc(O)cc3)C(N)=O)cc2-c2cccnc2)cc1. The van der Waals surface area contributed by atoms with Gasteiger partial charge < -0.3 is 16.2 Å². The predicted octanol–water partition coefficient (Wildman–Crippen LogP) is 4.28. The number of rotatable bonds is 11. The number of carbonyl (C=O) groups is 2. The van der Waals surface area contributed by atoms with Crippen molar-refractivity contribution >= 4 is 11.8 Å². The first kappa shape index (κ1) is 28.5. The summed E-state index contributed by atoms with van der Waals surface area (Å²) in [4.78, 5) is 28.8. The number of primary amides is 1. The number of aromatic nitrogens is 3. The maximum Gasteiger partial charge on any atom is 0.246 e.